The van der Waals surface area contributed by atoms with Crippen molar-refractivity contribution in [3.63, 3.8) is 0 Å². The maximum atomic E-state index is 13.0. The number of pyridine rings is 1. The predicted octanol–water partition coefficient (Wildman–Crippen LogP) is 0.748. The van der Waals surface area contributed by atoms with Gasteiger partial charge in [-0.05, 0) is 12.8 Å². The number of hydrogen-bond acceptors (Lipinski definition) is 12. The Morgan fingerprint density at radius 2 is 2.11 bits per heavy atom. The third kappa shape index (κ3) is 4.73. The molecular formula is C22H18ClN7O5S3. The van der Waals surface area contributed by atoms with Crippen LogP contribution < -0.4 is 20.7 Å². The van der Waals surface area contributed by atoms with Crippen molar-refractivity contribution in [1.82, 2.24) is 20.2 Å². The molecule has 3 aromatic heterocycles. The first-order chi connectivity index (χ1) is 18.2. The Balaban J connectivity index is 1.33. The normalized spacial score (nSPS) is 19.3. The van der Waals surface area contributed by atoms with Gasteiger partial charge in [0.05, 0.1) is 23.4 Å². The molecule has 12 nitrogen and oxygen atoms in total. The Morgan fingerprint density at radius 3 is 2.74 bits per heavy atom. The molecule has 0 unspecified atom stereocenters. The van der Waals surface area contributed by atoms with Crippen LogP contribution in [0.25, 0.3) is 11.3 Å². The first kappa shape index (κ1) is 26.1. The molecule has 16 heteroatoms. The third-order valence-electron chi connectivity index (χ3n) is 5.98. The van der Waals surface area contributed by atoms with Gasteiger partial charge in [0.25, 0.3) is 11.8 Å². The van der Waals surface area contributed by atoms with Crippen LogP contribution in [0, 0.1) is 0 Å². The van der Waals surface area contributed by atoms with Crippen molar-refractivity contribution in [2.75, 3.05) is 5.73 Å². The van der Waals surface area contributed by atoms with Crippen LogP contribution in [-0.4, -0.2) is 55.7 Å². The van der Waals surface area contributed by atoms with E-state index < -0.39 is 35.6 Å². The highest BCUT2D eigenvalue weighted by Gasteiger charge is 2.52. The van der Waals surface area contributed by atoms with E-state index in [2.05, 4.69) is 20.4 Å². The van der Waals surface area contributed by atoms with Crippen molar-refractivity contribution in [2.24, 2.45) is 12.2 Å². The molecule has 0 aliphatic carbocycles. The summed E-state index contributed by atoms with van der Waals surface area (Å²) in [4.78, 5) is 47.9. The number of rotatable bonds is 7. The number of nitrogens with one attached hydrogen (secondary N) is 1. The van der Waals surface area contributed by atoms with E-state index >= 15 is 0 Å². The van der Waals surface area contributed by atoms with E-state index in [1.54, 1.807) is 0 Å². The van der Waals surface area contributed by atoms with Crippen molar-refractivity contribution >= 4 is 74.7 Å². The second-order valence-electron chi connectivity index (χ2n) is 8.30. The fourth-order valence-corrected chi connectivity index (χ4v) is 7.18. The minimum Gasteiger partial charge on any atom is -0.543 e. The van der Waals surface area contributed by atoms with E-state index in [9.17, 15) is 24.7 Å². The van der Waals surface area contributed by atoms with Crippen molar-refractivity contribution < 1.29 is 29.3 Å². The van der Waals surface area contributed by atoms with Gasteiger partial charge in [0.2, 0.25) is 0 Å². The number of aromatic nitrogens is 3. The molecule has 5 heterocycles. The summed E-state index contributed by atoms with van der Waals surface area (Å²) in [5.41, 5.74) is 6.40. The quantitative estimate of drug-likeness (QED) is 0.117. The molecular weight excluding hydrogens is 574 g/mol. The van der Waals surface area contributed by atoms with E-state index in [-0.39, 0.29) is 20.9 Å². The molecule has 38 heavy (non-hydrogen) atoms. The smallest absolute Gasteiger partial charge is 0.276 e. The van der Waals surface area contributed by atoms with Gasteiger partial charge in [-0.3, -0.25) is 9.59 Å². The molecule has 1 saturated heterocycles. The minimum atomic E-state index is -1.50. The SMILES string of the molecule is C[n+]1ccc(-c2csc(SC3=C(C(=O)[O-])N4C(=O)[C@@H](NC(=O)/C(=N\O)c5nc(N)sc5Cl)[C@H]4CC3)n2)cc1. The van der Waals surface area contributed by atoms with Gasteiger partial charge in [-0.15, -0.1) is 11.3 Å². The van der Waals surface area contributed by atoms with E-state index in [0.717, 1.165) is 27.5 Å². The van der Waals surface area contributed by atoms with Crippen LogP contribution in [0.15, 0.2) is 50.0 Å². The standard InChI is InChI=1S/C22H18ClN7O5S3/c1-29-6-4-9(5-7-29)10-8-36-22(25-10)37-12-3-2-11-13(19(32)30(11)16(12)20(33)34)26-18(31)15(28-35)14-17(23)38-21(24)27-14/h4-8,11,13H,2-3H2,1H3,(H4-,24,26,27,31,33,34,35)/t11-,13+/m1/s1. The van der Waals surface area contributed by atoms with E-state index in [1.165, 1.54) is 23.1 Å². The Hall–Kier alpha value is -3.53. The Kier molecular flexibility index (Phi) is 7.09. The Bertz CT molecular complexity index is 1520. The highest BCUT2D eigenvalue weighted by molar-refractivity contribution is 8.04. The molecule has 2 aliphatic rings. The fraction of sp³-hybridized carbons (Fsp3) is 0.227. The number of oxime groups is 1. The molecule has 0 bridgehead atoms. The summed E-state index contributed by atoms with van der Waals surface area (Å²) in [5.74, 6) is -3.02. The molecule has 0 saturated carbocycles. The Morgan fingerprint density at radius 1 is 1.37 bits per heavy atom. The van der Waals surface area contributed by atoms with Crippen LogP contribution in [0.2, 0.25) is 4.34 Å². The number of nitrogen functional groups attached to an aromatic ring is 1. The topological polar surface area (TPSA) is 178 Å². The van der Waals surface area contributed by atoms with Crippen LogP contribution in [0.5, 0.6) is 0 Å². The van der Waals surface area contributed by atoms with Gasteiger partial charge >= 0.3 is 0 Å². The Labute approximate surface area is 232 Å². The average molecular weight is 592 g/mol. The summed E-state index contributed by atoms with van der Waals surface area (Å²) >= 11 is 9.45. The van der Waals surface area contributed by atoms with Gasteiger partial charge in [-0.2, -0.15) is 0 Å². The van der Waals surface area contributed by atoms with Crippen LogP contribution in [0.4, 0.5) is 5.13 Å². The number of amides is 2. The molecule has 1 fully saturated rings. The summed E-state index contributed by atoms with van der Waals surface area (Å²) in [6, 6.07) is 2.22. The first-order valence-corrected chi connectivity index (χ1v) is 13.9. The van der Waals surface area contributed by atoms with Gasteiger partial charge in [0.15, 0.2) is 27.6 Å². The second kappa shape index (κ2) is 10.3. The number of carbonyl (C=O) groups excluding carboxylic acids is 3. The lowest BCUT2D eigenvalue weighted by molar-refractivity contribution is -0.671. The van der Waals surface area contributed by atoms with Crippen molar-refractivity contribution in [1.29, 1.82) is 0 Å². The second-order valence-corrected chi connectivity index (χ2v) is 12.1. The van der Waals surface area contributed by atoms with Gasteiger partial charge in [-0.1, -0.05) is 39.9 Å². The number of allylic oxidation sites excluding steroid dienone is 1. The number of fused-ring (bicyclic) bond motifs is 1. The summed E-state index contributed by atoms with van der Waals surface area (Å²) in [7, 11) is 1.91. The number of aryl methyl sites for hydroxylation is 1. The van der Waals surface area contributed by atoms with E-state index in [4.69, 9.17) is 17.3 Å². The van der Waals surface area contributed by atoms with Gasteiger partial charge in [-0.25, -0.2) is 14.5 Å². The summed E-state index contributed by atoms with van der Waals surface area (Å²) in [5, 5.41) is 28.8. The number of halogens is 1. The molecule has 0 radical (unpaired) electrons. The molecule has 2 atom stereocenters. The van der Waals surface area contributed by atoms with Crippen molar-refractivity contribution in [3.05, 3.63) is 50.5 Å². The molecule has 196 valence electrons. The van der Waals surface area contributed by atoms with E-state index in [0.29, 0.717) is 22.1 Å². The number of aliphatic carboxylic acids is 1. The number of thiazole rings is 2. The van der Waals surface area contributed by atoms with Gasteiger partial charge in [0, 0.05) is 28.0 Å². The maximum Gasteiger partial charge on any atom is 0.276 e. The van der Waals surface area contributed by atoms with Crippen LogP contribution in [0.3, 0.4) is 0 Å². The highest BCUT2D eigenvalue weighted by atomic mass is 35.5. The van der Waals surface area contributed by atoms with E-state index in [1.807, 2.05) is 41.5 Å². The van der Waals surface area contributed by atoms with Gasteiger partial charge in [0.1, 0.15) is 23.1 Å². The molecule has 4 N–H and O–H groups in total. The number of nitrogens with zero attached hydrogens (tertiary/aromatic N) is 5. The van der Waals surface area contributed by atoms with Crippen LogP contribution in [-0.2, 0) is 21.4 Å². The van der Waals surface area contributed by atoms with Crippen molar-refractivity contribution in [3.8, 4) is 11.3 Å². The molecule has 5 rings (SSSR count). The summed E-state index contributed by atoms with van der Waals surface area (Å²) in [6.07, 6.45) is 4.53. The first-order valence-electron chi connectivity index (χ1n) is 11.0. The zero-order valence-corrected chi connectivity index (χ0v) is 22.7. The summed E-state index contributed by atoms with van der Waals surface area (Å²) < 4.78 is 2.57. The fourth-order valence-electron chi connectivity index (χ4n) is 4.20. The summed E-state index contributed by atoms with van der Waals surface area (Å²) in [6.45, 7) is 0. The molecule has 2 aliphatic heterocycles. The lowest BCUT2D eigenvalue weighted by atomic mass is 9.86. The van der Waals surface area contributed by atoms with Crippen LogP contribution >= 0.6 is 46.0 Å². The van der Waals surface area contributed by atoms with Gasteiger partial charge < -0.3 is 31.1 Å². The highest BCUT2D eigenvalue weighted by Crippen LogP contribution is 2.44. The third-order valence-corrected chi connectivity index (χ3v) is 9.15. The molecule has 2 amide bonds. The zero-order chi connectivity index (χ0) is 27.1. The number of carboxylic acid groups (broad SMARTS) is 1. The zero-order valence-electron chi connectivity index (χ0n) is 19.5. The monoisotopic (exact) mass is 591 g/mol. The average Bonchev–Trinajstić information content (AvgIpc) is 3.48. The predicted molar refractivity (Wildman–Crippen MR) is 138 cm³/mol. The number of nitrogens with two attached hydrogens (primary N) is 1. The lowest BCUT2D eigenvalue weighted by Crippen LogP contribution is -2.72. The molecule has 3 aromatic rings. The number of hydrogen-bond donors (Lipinski definition) is 3. The lowest BCUT2D eigenvalue weighted by Gasteiger charge is -2.51. The molecule has 0 aromatic carbocycles. The van der Waals surface area contributed by atoms with Crippen LogP contribution in [0.1, 0.15) is 18.5 Å². The van der Waals surface area contributed by atoms with Crippen molar-refractivity contribution in [2.45, 2.75) is 29.3 Å². The minimum absolute atomic E-state index is 0.0418. The number of thioether (sulfide) groups is 1. The maximum absolute atomic E-state index is 13.0. The number of anilines is 1. The number of β-lactam (4-membered cyclic amide) rings is 1. The largest absolute Gasteiger partial charge is 0.543 e. The molecule has 0 spiro atoms. The number of carbonyl (C=O) groups is 3. The number of carboxylic acids is 1.